The Kier molecular flexibility index (Phi) is 4.88. The summed E-state index contributed by atoms with van der Waals surface area (Å²) in [5, 5.41) is 5.29. The van der Waals surface area contributed by atoms with Crippen molar-refractivity contribution in [2.24, 2.45) is 0 Å². The molecule has 5 heteroatoms. The van der Waals surface area contributed by atoms with Crippen LogP contribution in [0.1, 0.15) is 33.6 Å². The van der Waals surface area contributed by atoms with Crippen LogP contribution >= 0.6 is 11.6 Å². The minimum absolute atomic E-state index is 0.155. The summed E-state index contributed by atoms with van der Waals surface area (Å²) in [5.41, 5.74) is 2.16. The number of nitrogens with one attached hydrogen (secondary N) is 1. The molecule has 1 fully saturated rings. The molecule has 1 N–H and O–H groups in total. The van der Waals surface area contributed by atoms with Crippen LogP contribution in [0.15, 0.2) is 24.3 Å². The fraction of sp³-hybridized carbons (Fsp3) is 0.526. The number of nitrogens with zero attached hydrogens (tertiary/aromatic N) is 2. The second-order valence-electron chi connectivity index (χ2n) is 7.47. The first-order valence-corrected chi connectivity index (χ1v) is 8.91. The molecule has 1 aliphatic rings. The van der Waals surface area contributed by atoms with E-state index in [0.717, 1.165) is 48.3 Å². The maximum Gasteiger partial charge on any atom is 0.131 e. The second kappa shape index (κ2) is 6.77. The SMILES string of the molecule is COc1cccc2nc(Cl)cc(N3CCC(NC(C)(C)C)CC3)c12. The van der Waals surface area contributed by atoms with Gasteiger partial charge in [0.1, 0.15) is 10.9 Å². The molecule has 2 aromatic rings. The van der Waals surface area contributed by atoms with Gasteiger partial charge in [-0.1, -0.05) is 17.7 Å². The Morgan fingerprint density at radius 2 is 1.96 bits per heavy atom. The fourth-order valence-electron chi connectivity index (χ4n) is 3.50. The van der Waals surface area contributed by atoms with Crippen LogP contribution in [0.25, 0.3) is 10.9 Å². The highest BCUT2D eigenvalue weighted by molar-refractivity contribution is 6.30. The fourth-order valence-corrected chi connectivity index (χ4v) is 3.69. The van der Waals surface area contributed by atoms with Crippen LogP contribution in [0.5, 0.6) is 5.75 Å². The molecule has 1 aromatic carbocycles. The van der Waals surface area contributed by atoms with Crippen LogP contribution in [0.4, 0.5) is 5.69 Å². The Hall–Kier alpha value is -1.52. The van der Waals surface area contributed by atoms with Crippen molar-refractivity contribution >= 4 is 28.2 Å². The number of hydrogen-bond acceptors (Lipinski definition) is 4. The van der Waals surface area contributed by atoms with Crippen LogP contribution in [-0.2, 0) is 0 Å². The molecule has 0 amide bonds. The summed E-state index contributed by atoms with van der Waals surface area (Å²) in [6.45, 7) is 8.67. The van der Waals surface area contributed by atoms with Crippen molar-refractivity contribution in [3.8, 4) is 5.75 Å². The number of aromatic nitrogens is 1. The highest BCUT2D eigenvalue weighted by Gasteiger charge is 2.25. The lowest BCUT2D eigenvalue weighted by molar-refractivity contribution is 0.317. The number of hydrogen-bond donors (Lipinski definition) is 1. The van der Waals surface area contributed by atoms with Gasteiger partial charge in [-0.05, 0) is 51.8 Å². The molecule has 1 aromatic heterocycles. The van der Waals surface area contributed by atoms with E-state index in [-0.39, 0.29) is 5.54 Å². The highest BCUT2D eigenvalue weighted by Crippen LogP contribution is 2.36. The number of methoxy groups -OCH3 is 1. The van der Waals surface area contributed by atoms with Gasteiger partial charge in [0, 0.05) is 24.7 Å². The van der Waals surface area contributed by atoms with Crippen LogP contribution in [0.3, 0.4) is 0 Å². The van der Waals surface area contributed by atoms with Gasteiger partial charge in [0.25, 0.3) is 0 Å². The summed E-state index contributed by atoms with van der Waals surface area (Å²) >= 11 is 6.26. The van der Waals surface area contributed by atoms with Crippen LogP contribution < -0.4 is 15.0 Å². The van der Waals surface area contributed by atoms with Gasteiger partial charge in [-0.15, -0.1) is 0 Å². The summed E-state index contributed by atoms with van der Waals surface area (Å²) in [5.74, 6) is 0.849. The van der Waals surface area contributed by atoms with Gasteiger partial charge in [-0.25, -0.2) is 4.98 Å². The Morgan fingerprint density at radius 1 is 1.25 bits per heavy atom. The maximum atomic E-state index is 6.26. The van der Waals surface area contributed by atoms with Crippen molar-refractivity contribution in [3.05, 3.63) is 29.4 Å². The van der Waals surface area contributed by atoms with Gasteiger partial charge in [-0.3, -0.25) is 0 Å². The zero-order valence-electron chi connectivity index (χ0n) is 14.9. The van der Waals surface area contributed by atoms with Crippen LogP contribution in [-0.4, -0.2) is 36.8 Å². The predicted molar refractivity (Wildman–Crippen MR) is 101 cm³/mol. The van der Waals surface area contributed by atoms with E-state index in [9.17, 15) is 0 Å². The zero-order chi connectivity index (χ0) is 17.3. The molecular weight excluding hydrogens is 322 g/mol. The lowest BCUT2D eigenvalue weighted by atomic mass is 9.99. The van der Waals surface area contributed by atoms with Crippen molar-refractivity contribution in [2.45, 2.75) is 45.2 Å². The Bertz CT molecular complexity index is 718. The van der Waals surface area contributed by atoms with Crippen molar-refractivity contribution in [1.29, 1.82) is 0 Å². The van der Waals surface area contributed by atoms with E-state index in [4.69, 9.17) is 16.3 Å². The minimum Gasteiger partial charge on any atom is -0.496 e. The van der Waals surface area contributed by atoms with E-state index in [0.29, 0.717) is 11.2 Å². The average molecular weight is 348 g/mol. The molecule has 0 unspecified atom stereocenters. The molecule has 24 heavy (non-hydrogen) atoms. The quantitative estimate of drug-likeness (QED) is 0.842. The van der Waals surface area contributed by atoms with Crippen molar-refractivity contribution in [2.75, 3.05) is 25.1 Å². The van der Waals surface area contributed by atoms with Gasteiger partial charge in [0.05, 0.1) is 23.7 Å². The van der Waals surface area contributed by atoms with Gasteiger partial charge in [-0.2, -0.15) is 0 Å². The van der Waals surface area contributed by atoms with Gasteiger partial charge in [0.2, 0.25) is 0 Å². The van der Waals surface area contributed by atoms with E-state index in [2.05, 4.69) is 36.0 Å². The molecular formula is C19H26ClN3O. The predicted octanol–water partition coefficient (Wildman–Crippen LogP) is 4.25. The first kappa shape index (κ1) is 17.3. The summed E-state index contributed by atoms with van der Waals surface area (Å²) in [6.07, 6.45) is 2.24. The molecule has 1 aliphatic heterocycles. The molecule has 1 saturated heterocycles. The van der Waals surface area contributed by atoms with Crippen molar-refractivity contribution in [3.63, 3.8) is 0 Å². The summed E-state index contributed by atoms with van der Waals surface area (Å²) < 4.78 is 5.56. The number of pyridine rings is 1. The maximum absolute atomic E-state index is 6.26. The lowest BCUT2D eigenvalue weighted by Gasteiger charge is -2.37. The molecule has 0 spiro atoms. The standard InChI is InChI=1S/C19H26ClN3O/c1-19(2,3)22-13-8-10-23(11-9-13)15-12-17(20)21-14-6-5-7-16(24-4)18(14)15/h5-7,12-13,22H,8-11H2,1-4H3. The summed E-state index contributed by atoms with van der Waals surface area (Å²) in [4.78, 5) is 6.85. The number of fused-ring (bicyclic) bond motifs is 1. The highest BCUT2D eigenvalue weighted by atomic mass is 35.5. The van der Waals surface area contributed by atoms with Gasteiger partial charge < -0.3 is 15.0 Å². The number of rotatable bonds is 3. The molecule has 0 radical (unpaired) electrons. The number of anilines is 1. The normalized spacial score (nSPS) is 16.6. The first-order chi connectivity index (χ1) is 11.4. The molecule has 130 valence electrons. The molecule has 2 heterocycles. The molecule has 4 nitrogen and oxygen atoms in total. The van der Waals surface area contributed by atoms with E-state index >= 15 is 0 Å². The minimum atomic E-state index is 0.155. The first-order valence-electron chi connectivity index (χ1n) is 8.53. The molecule has 0 atom stereocenters. The van der Waals surface area contributed by atoms with E-state index in [1.54, 1.807) is 7.11 Å². The van der Waals surface area contributed by atoms with Gasteiger partial charge >= 0.3 is 0 Å². The smallest absolute Gasteiger partial charge is 0.131 e. The molecule has 0 aliphatic carbocycles. The molecule has 0 saturated carbocycles. The van der Waals surface area contributed by atoms with Crippen LogP contribution in [0.2, 0.25) is 5.15 Å². The van der Waals surface area contributed by atoms with Crippen molar-refractivity contribution < 1.29 is 4.74 Å². The number of piperidine rings is 1. The summed E-state index contributed by atoms with van der Waals surface area (Å²) in [7, 11) is 1.70. The van der Waals surface area contributed by atoms with E-state index in [1.165, 1.54) is 0 Å². The van der Waals surface area contributed by atoms with Crippen LogP contribution in [0, 0.1) is 0 Å². The largest absolute Gasteiger partial charge is 0.496 e. The number of ether oxygens (including phenoxy) is 1. The van der Waals surface area contributed by atoms with Gasteiger partial charge in [0.15, 0.2) is 0 Å². The van der Waals surface area contributed by atoms with E-state index in [1.807, 2.05) is 24.3 Å². The lowest BCUT2D eigenvalue weighted by Crippen LogP contribution is -2.49. The third-order valence-electron chi connectivity index (χ3n) is 4.44. The Morgan fingerprint density at radius 3 is 2.58 bits per heavy atom. The topological polar surface area (TPSA) is 37.4 Å². The summed E-state index contributed by atoms with van der Waals surface area (Å²) in [6, 6.07) is 8.44. The average Bonchev–Trinajstić information content (AvgIpc) is 2.52. The zero-order valence-corrected chi connectivity index (χ0v) is 15.7. The number of halogens is 1. The van der Waals surface area contributed by atoms with Crippen molar-refractivity contribution in [1.82, 2.24) is 10.3 Å². The monoisotopic (exact) mass is 347 g/mol. The molecule has 3 rings (SSSR count). The second-order valence-corrected chi connectivity index (χ2v) is 7.86. The Balaban J connectivity index is 1.88. The third-order valence-corrected chi connectivity index (χ3v) is 4.63. The number of benzene rings is 1. The Labute approximate surface area is 149 Å². The third kappa shape index (κ3) is 3.76. The molecule has 0 bridgehead atoms. The van der Waals surface area contributed by atoms with E-state index < -0.39 is 0 Å².